The van der Waals surface area contributed by atoms with Crippen molar-refractivity contribution in [2.75, 3.05) is 0 Å². The summed E-state index contributed by atoms with van der Waals surface area (Å²) in [5.41, 5.74) is 2.49. The van der Waals surface area contributed by atoms with Crippen LogP contribution in [-0.2, 0) is 6.42 Å². The molecular formula is C15H14N2OS. The van der Waals surface area contributed by atoms with Crippen molar-refractivity contribution in [3.63, 3.8) is 0 Å². The minimum absolute atomic E-state index is 0.672. The number of ether oxygens (including phenoxy) is 1. The number of aryl methyl sites for hydroxylation is 2. The molecule has 0 radical (unpaired) electrons. The third-order valence-electron chi connectivity index (χ3n) is 3.11. The fraction of sp³-hybridized carbons (Fsp3) is 0.200. The lowest BCUT2D eigenvalue weighted by atomic mass is 10.0. The predicted molar refractivity (Wildman–Crippen MR) is 78.0 cm³/mol. The topological polar surface area (TPSA) is 35.0 Å². The summed E-state index contributed by atoms with van der Waals surface area (Å²) in [6.45, 7) is 4.27. The smallest absolute Gasteiger partial charge is 0.164 e. The minimum Gasteiger partial charge on any atom is -0.454 e. The van der Waals surface area contributed by atoms with Crippen LogP contribution in [0.4, 0.5) is 0 Å². The summed E-state index contributed by atoms with van der Waals surface area (Å²) in [5.74, 6) is 1.58. The number of benzene rings is 1. The molecule has 0 amide bonds. The molecule has 19 heavy (non-hydrogen) atoms. The van der Waals surface area contributed by atoms with Gasteiger partial charge in [0.1, 0.15) is 12.1 Å². The van der Waals surface area contributed by atoms with Gasteiger partial charge in [0, 0.05) is 10.3 Å². The Morgan fingerprint density at radius 2 is 2.05 bits per heavy atom. The lowest BCUT2D eigenvalue weighted by Gasteiger charge is -2.12. The minimum atomic E-state index is 0.672. The lowest BCUT2D eigenvalue weighted by molar-refractivity contribution is 0.472. The number of hydrogen-bond acceptors (Lipinski definition) is 4. The van der Waals surface area contributed by atoms with Gasteiger partial charge in [-0.1, -0.05) is 6.92 Å². The molecule has 0 saturated carbocycles. The third kappa shape index (κ3) is 2.19. The molecule has 0 bridgehead atoms. The standard InChI is InChI=1S/C15H14N2OS/c1-3-12-13-4-5-19-15(13)10(2)6-14(12)18-11-7-16-9-17-8-11/h4-9H,3H2,1-2H3. The number of rotatable bonds is 3. The number of thiophene rings is 1. The summed E-state index contributed by atoms with van der Waals surface area (Å²) in [7, 11) is 0. The van der Waals surface area contributed by atoms with Crippen LogP contribution < -0.4 is 4.74 Å². The Hall–Kier alpha value is -1.94. The van der Waals surface area contributed by atoms with Gasteiger partial charge >= 0.3 is 0 Å². The molecule has 2 aromatic heterocycles. The molecule has 3 aromatic rings. The molecule has 4 heteroatoms. The van der Waals surface area contributed by atoms with E-state index in [1.807, 2.05) is 0 Å². The van der Waals surface area contributed by atoms with Gasteiger partial charge in [-0.3, -0.25) is 0 Å². The first-order valence-corrected chi connectivity index (χ1v) is 7.10. The molecule has 0 aliphatic rings. The van der Waals surface area contributed by atoms with Crippen molar-refractivity contribution in [3.8, 4) is 11.5 Å². The van der Waals surface area contributed by atoms with Gasteiger partial charge in [-0.2, -0.15) is 0 Å². The molecule has 0 N–H and O–H groups in total. The van der Waals surface area contributed by atoms with E-state index in [1.165, 1.54) is 27.5 Å². The molecule has 0 unspecified atom stereocenters. The van der Waals surface area contributed by atoms with Gasteiger partial charge in [0.15, 0.2) is 5.75 Å². The summed E-state index contributed by atoms with van der Waals surface area (Å²) in [4.78, 5) is 7.95. The van der Waals surface area contributed by atoms with Crippen molar-refractivity contribution >= 4 is 21.4 Å². The van der Waals surface area contributed by atoms with Crippen molar-refractivity contribution in [1.82, 2.24) is 9.97 Å². The maximum absolute atomic E-state index is 5.94. The Kier molecular flexibility index (Phi) is 3.17. The molecule has 2 heterocycles. The zero-order chi connectivity index (χ0) is 13.2. The molecule has 3 nitrogen and oxygen atoms in total. The van der Waals surface area contributed by atoms with Crippen molar-refractivity contribution in [3.05, 3.63) is 47.4 Å². The number of nitrogens with zero attached hydrogens (tertiary/aromatic N) is 2. The molecule has 0 spiro atoms. The molecule has 0 atom stereocenters. The Bertz CT molecular complexity index is 707. The number of fused-ring (bicyclic) bond motifs is 1. The maximum atomic E-state index is 5.94. The average Bonchev–Trinajstić information content (AvgIpc) is 2.90. The summed E-state index contributed by atoms with van der Waals surface area (Å²) in [6.07, 6.45) is 5.80. The van der Waals surface area contributed by atoms with Gasteiger partial charge in [0.2, 0.25) is 0 Å². The van der Waals surface area contributed by atoms with Gasteiger partial charge < -0.3 is 4.74 Å². The highest BCUT2D eigenvalue weighted by Gasteiger charge is 2.12. The zero-order valence-electron chi connectivity index (χ0n) is 10.9. The van der Waals surface area contributed by atoms with E-state index in [9.17, 15) is 0 Å². The molecule has 0 aliphatic carbocycles. The fourth-order valence-electron chi connectivity index (χ4n) is 2.26. The highest BCUT2D eigenvalue weighted by atomic mass is 32.1. The van der Waals surface area contributed by atoms with Gasteiger partial charge in [0.05, 0.1) is 12.4 Å². The normalized spacial score (nSPS) is 10.8. The van der Waals surface area contributed by atoms with Crippen LogP contribution in [0, 0.1) is 6.92 Å². The highest BCUT2D eigenvalue weighted by Crippen LogP contribution is 2.36. The number of hydrogen-bond donors (Lipinski definition) is 0. The van der Waals surface area contributed by atoms with Crippen LogP contribution in [0.25, 0.3) is 10.1 Å². The summed E-state index contributed by atoms with van der Waals surface area (Å²) in [6, 6.07) is 4.27. The summed E-state index contributed by atoms with van der Waals surface area (Å²) >= 11 is 1.78. The van der Waals surface area contributed by atoms with Crippen molar-refractivity contribution in [2.45, 2.75) is 20.3 Å². The molecule has 0 aliphatic heterocycles. The van der Waals surface area contributed by atoms with E-state index >= 15 is 0 Å². The molecule has 96 valence electrons. The van der Waals surface area contributed by atoms with Gasteiger partial charge in [-0.15, -0.1) is 11.3 Å². The second-order valence-electron chi connectivity index (χ2n) is 4.36. The second kappa shape index (κ2) is 4.97. The van der Waals surface area contributed by atoms with Crippen molar-refractivity contribution in [1.29, 1.82) is 0 Å². The van der Waals surface area contributed by atoms with Crippen LogP contribution in [0.3, 0.4) is 0 Å². The summed E-state index contributed by atoms with van der Waals surface area (Å²) < 4.78 is 7.28. The van der Waals surface area contributed by atoms with Crippen molar-refractivity contribution < 1.29 is 4.74 Å². The Morgan fingerprint density at radius 3 is 2.79 bits per heavy atom. The van der Waals surface area contributed by atoms with Gasteiger partial charge in [0.25, 0.3) is 0 Å². The van der Waals surface area contributed by atoms with E-state index in [0.29, 0.717) is 5.75 Å². The average molecular weight is 270 g/mol. The fourth-order valence-corrected chi connectivity index (χ4v) is 3.16. The van der Waals surface area contributed by atoms with Crippen LogP contribution in [-0.4, -0.2) is 9.97 Å². The predicted octanol–water partition coefficient (Wildman–Crippen LogP) is 4.35. The Balaban J connectivity index is 2.12. The first kappa shape index (κ1) is 12.1. The van der Waals surface area contributed by atoms with Gasteiger partial charge in [-0.25, -0.2) is 9.97 Å². The summed E-state index contributed by atoms with van der Waals surface area (Å²) in [5, 5.41) is 3.42. The van der Waals surface area contributed by atoms with Crippen molar-refractivity contribution in [2.24, 2.45) is 0 Å². The third-order valence-corrected chi connectivity index (χ3v) is 4.16. The highest BCUT2D eigenvalue weighted by molar-refractivity contribution is 7.17. The number of aromatic nitrogens is 2. The monoisotopic (exact) mass is 270 g/mol. The molecule has 0 fully saturated rings. The van der Waals surface area contributed by atoms with Crippen LogP contribution >= 0.6 is 11.3 Å². The largest absolute Gasteiger partial charge is 0.454 e. The maximum Gasteiger partial charge on any atom is 0.164 e. The Labute approximate surface area is 115 Å². The lowest BCUT2D eigenvalue weighted by Crippen LogP contribution is -1.93. The molecule has 0 saturated heterocycles. The van der Waals surface area contributed by atoms with Crippen LogP contribution in [0.15, 0.2) is 36.2 Å². The van der Waals surface area contributed by atoms with Crippen LogP contribution in [0.5, 0.6) is 11.5 Å². The van der Waals surface area contributed by atoms with E-state index in [2.05, 4.69) is 41.3 Å². The van der Waals surface area contributed by atoms with Gasteiger partial charge in [-0.05, 0) is 41.8 Å². The van der Waals surface area contributed by atoms with E-state index in [-0.39, 0.29) is 0 Å². The van der Waals surface area contributed by atoms with E-state index in [0.717, 1.165) is 12.2 Å². The zero-order valence-corrected chi connectivity index (χ0v) is 11.7. The molecule has 1 aromatic carbocycles. The SMILES string of the molecule is CCc1c(Oc2cncnc2)cc(C)c2sccc12. The quantitative estimate of drug-likeness (QED) is 0.709. The van der Waals surface area contributed by atoms with E-state index in [1.54, 1.807) is 23.7 Å². The van der Waals surface area contributed by atoms with E-state index in [4.69, 9.17) is 4.74 Å². The van der Waals surface area contributed by atoms with E-state index < -0.39 is 0 Å². The molecule has 3 rings (SSSR count). The second-order valence-corrected chi connectivity index (χ2v) is 5.28. The first-order valence-electron chi connectivity index (χ1n) is 6.22. The Morgan fingerprint density at radius 1 is 1.26 bits per heavy atom. The molecular weight excluding hydrogens is 256 g/mol. The first-order chi connectivity index (χ1) is 9.29. The van der Waals surface area contributed by atoms with Crippen LogP contribution in [0.2, 0.25) is 0 Å². The van der Waals surface area contributed by atoms with Crippen LogP contribution in [0.1, 0.15) is 18.1 Å².